The van der Waals surface area contributed by atoms with Crippen LogP contribution in [0.15, 0.2) is 4.79 Å². The monoisotopic (exact) mass is 196 g/mol. The summed E-state index contributed by atoms with van der Waals surface area (Å²) in [4.78, 5) is 18.1. The first kappa shape index (κ1) is 10.8. The van der Waals surface area contributed by atoms with Gasteiger partial charge < -0.3 is 10.1 Å². The Labute approximate surface area is 83.0 Å². The van der Waals surface area contributed by atoms with E-state index in [0.717, 1.165) is 12.8 Å². The van der Waals surface area contributed by atoms with Crippen LogP contribution in [0, 0.1) is 0 Å². The molecule has 0 radical (unpaired) electrons. The molecule has 78 valence electrons. The third-order valence-electron chi connectivity index (χ3n) is 2.03. The molecule has 0 amide bonds. The number of aromatic hydroxyl groups is 1. The van der Waals surface area contributed by atoms with E-state index in [1.165, 1.54) is 0 Å². The molecule has 1 aromatic rings. The maximum atomic E-state index is 11.5. The summed E-state index contributed by atoms with van der Waals surface area (Å²) in [6, 6.07) is 0. The molecule has 0 aliphatic carbocycles. The predicted molar refractivity (Wildman–Crippen MR) is 54.5 cm³/mol. The molecule has 0 atom stereocenters. The lowest BCUT2D eigenvalue weighted by molar-refractivity contribution is 0.438. The largest absolute Gasteiger partial charge is 0.493 e. The molecule has 1 rings (SSSR count). The maximum Gasteiger partial charge on any atom is 0.257 e. The number of aryl methyl sites for hydroxylation is 1. The van der Waals surface area contributed by atoms with Gasteiger partial charge in [-0.05, 0) is 12.8 Å². The van der Waals surface area contributed by atoms with E-state index in [0.29, 0.717) is 24.2 Å². The van der Waals surface area contributed by atoms with Crippen molar-refractivity contribution >= 4 is 0 Å². The van der Waals surface area contributed by atoms with E-state index in [4.69, 9.17) is 0 Å². The van der Waals surface area contributed by atoms with Crippen LogP contribution in [0.2, 0.25) is 0 Å². The number of aromatic nitrogens is 2. The van der Waals surface area contributed by atoms with Crippen molar-refractivity contribution in [3.8, 4) is 5.88 Å². The highest BCUT2D eigenvalue weighted by Crippen LogP contribution is 2.10. The highest BCUT2D eigenvalue weighted by Gasteiger charge is 2.08. The van der Waals surface area contributed by atoms with Crippen molar-refractivity contribution in [2.24, 2.45) is 0 Å². The Morgan fingerprint density at radius 1 is 1.29 bits per heavy atom. The molecule has 4 heteroatoms. The van der Waals surface area contributed by atoms with E-state index >= 15 is 0 Å². The Morgan fingerprint density at radius 3 is 2.43 bits per heavy atom. The summed E-state index contributed by atoms with van der Waals surface area (Å²) in [6.45, 7) is 3.95. The molecule has 4 nitrogen and oxygen atoms in total. The van der Waals surface area contributed by atoms with Crippen LogP contribution in [0.5, 0.6) is 5.88 Å². The first-order valence-electron chi connectivity index (χ1n) is 5.00. The lowest BCUT2D eigenvalue weighted by Gasteiger charge is -2.03. The van der Waals surface area contributed by atoms with Gasteiger partial charge in [-0.1, -0.05) is 20.3 Å². The second kappa shape index (κ2) is 4.79. The third-order valence-corrected chi connectivity index (χ3v) is 2.03. The Hall–Kier alpha value is -1.32. The van der Waals surface area contributed by atoms with Gasteiger partial charge in [-0.25, -0.2) is 4.98 Å². The average Bonchev–Trinajstić information content (AvgIpc) is 2.12. The molecule has 0 saturated carbocycles. The van der Waals surface area contributed by atoms with E-state index < -0.39 is 0 Å². The summed E-state index contributed by atoms with van der Waals surface area (Å²) in [6.07, 6.45) is 2.98. The quantitative estimate of drug-likeness (QED) is 0.764. The molecule has 0 unspecified atom stereocenters. The fourth-order valence-electron chi connectivity index (χ4n) is 1.36. The molecule has 0 aromatic carbocycles. The van der Waals surface area contributed by atoms with E-state index in [2.05, 4.69) is 9.97 Å². The van der Waals surface area contributed by atoms with Gasteiger partial charge in [0.05, 0.1) is 5.56 Å². The second-order valence-corrected chi connectivity index (χ2v) is 3.31. The van der Waals surface area contributed by atoms with Crippen LogP contribution >= 0.6 is 0 Å². The topological polar surface area (TPSA) is 66.0 Å². The molecule has 0 aliphatic rings. The summed E-state index contributed by atoms with van der Waals surface area (Å²) >= 11 is 0. The van der Waals surface area contributed by atoms with Crippen molar-refractivity contribution in [3.63, 3.8) is 0 Å². The molecule has 1 heterocycles. The van der Waals surface area contributed by atoms with E-state index in [9.17, 15) is 9.90 Å². The number of nitrogens with zero attached hydrogens (tertiary/aromatic N) is 1. The van der Waals surface area contributed by atoms with Gasteiger partial charge in [0.25, 0.3) is 5.56 Å². The van der Waals surface area contributed by atoms with Gasteiger partial charge in [0.2, 0.25) is 5.88 Å². The number of nitrogens with one attached hydrogen (secondary N) is 1. The first-order chi connectivity index (χ1) is 6.69. The minimum absolute atomic E-state index is 0.112. The van der Waals surface area contributed by atoms with Gasteiger partial charge in [0.1, 0.15) is 5.82 Å². The smallest absolute Gasteiger partial charge is 0.257 e. The summed E-state index contributed by atoms with van der Waals surface area (Å²) in [5, 5.41) is 9.50. The Bertz CT molecular complexity index is 358. The predicted octanol–water partition coefficient (Wildman–Crippen LogP) is 1.38. The molecule has 0 fully saturated rings. The Kier molecular flexibility index (Phi) is 3.68. The maximum absolute atomic E-state index is 11.5. The van der Waals surface area contributed by atoms with Gasteiger partial charge >= 0.3 is 0 Å². The molecular weight excluding hydrogens is 180 g/mol. The Balaban J connectivity index is 3.05. The van der Waals surface area contributed by atoms with Crippen molar-refractivity contribution in [1.29, 1.82) is 0 Å². The normalized spacial score (nSPS) is 10.4. The van der Waals surface area contributed by atoms with E-state index in [1.807, 2.05) is 13.8 Å². The van der Waals surface area contributed by atoms with Crippen molar-refractivity contribution in [1.82, 2.24) is 9.97 Å². The number of aromatic amines is 1. The molecule has 2 N–H and O–H groups in total. The Morgan fingerprint density at radius 2 is 1.93 bits per heavy atom. The summed E-state index contributed by atoms with van der Waals surface area (Å²) in [5.74, 6) is 0.453. The van der Waals surface area contributed by atoms with Gasteiger partial charge in [-0.15, -0.1) is 0 Å². The zero-order valence-corrected chi connectivity index (χ0v) is 8.63. The number of hydrogen-bond donors (Lipinski definition) is 2. The highest BCUT2D eigenvalue weighted by atomic mass is 16.3. The van der Waals surface area contributed by atoms with Crippen LogP contribution < -0.4 is 5.56 Å². The molecular formula is C10H16N2O2. The fourth-order valence-corrected chi connectivity index (χ4v) is 1.36. The number of rotatable bonds is 4. The zero-order chi connectivity index (χ0) is 10.6. The lowest BCUT2D eigenvalue weighted by Crippen LogP contribution is -2.16. The van der Waals surface area contributed by atoms with Gasteiger partial charge in [-0.2, -0.15) is 0 Å². The molecule has 1 aromatic heterocycles. The average molecular weight is 196 g/mol. The van der Waals surface area contributed by atoms with Crippen molar-refractivity contribution in [2.45, 2.75) is 39.5 Å². The van der Waals surface area contributed by atoms with Crippen molar-refractivity contribution in [2.75, 3.05) is 0 Å². The lowest BCUT2D eigenvalue weighted by atomic mass is 10.2. The van der Waals surface area contributed by atoms with Gasteiger partial charge in [0, 0.05) is 6.42 Å². The van der Waals surface area contributed by atoms with Crippen LogP contribution in [0.4, 0.5) is 0 Å². The van der Waals surface area contributed by atoms with Crippen LogP contribution in [0.3, 0.4) is 0 Å². The van der Waals surface area contributed by atoms with Crippen molar-refractivity contribution in [3.05, 3.63) is 21.7 Å². The summed E-state index contributed by atoms with van der Waals surface area (Å²) in [7, 11) is 0. The highest BCUT2D eigenvalue weighted by molar-refractivity contribution is 5.22. The second-order valence-electron chi connectivity index (χ2n) is 3.31. The zero-order valence-electron chi connectivity index (χ0n) is 8.63. The molecule has 0 aliphatic heterocycles. The fraction of sp³-hybridized carbons (Fsp3) is 0.600. The van der Waals surface area contributed by atoms with Crippen LogP contribution in [-0.4, -0.2) is 15.1 Å². The SMILES string of the molecule is CCCc1nc(O)c(CCC)c(=O)[nH]1. The van der Waals surface area contributed by atoms with Crippen molar-refractivity contribution < 1.29 is 5.11 Å². The van der Waals surface area contributed by atoms with Crippen LogP contribution in [0.1, 0.15) is 38.1 Å². The van der Waals surface area contributed by atoms with Gasteiger partial charge in [0.15, 0.2) is 0 Å². The van der Waals surface area contributed by atoms with Crippen LogP contribution in [-0.2, 0) is 12.8 Å². The molecule has 0 bridgehead atoms. The number of H-pyrrole nitrogens is 1. The van der Waals surface area contributed by atoms with E-state index in [-0.39, 0.29) is 11.4 Å². The third kappa shape index (κ3) is 2.34. The standard InChI is InChI=1S/C10H16N2O2/c1-3-5-7-9(13)11-8(6-4-2)12-10(7)14/h3-6H2,1-2H3,(H2,11,12,13,14). The number of hydrogen-bond acceptors (Lipinski definition) is 3. The van der Waals surface area contributed by atoms with Gasteiger partial charge in [-0.3, -0.25) is 4.79 Å². The minimum Gasteiger partial charge on any atom is -0.493 e. The summed E-state index contributed by atoms with van der Waals surface area (Å²) < 4.78 is 0. The molecule has 0 saturated heterocycles. The molecule has 0 spiro atoms. The summed E-state index contributed by atoms with van der Waals surface area (Å²) in [5.41, 5.74) is 0.190. The molecule has 14 heavy (non-hydrogen) atoms. The first-order valence-corrected chi connectivity index (χ1v) is 5.00. The van der Waals surface area contributed by atoms with Crippen LogP contribution in [0.25, 0.3) is 0 Å². The minimum atomic E-state index is -0.206. The van der Waals surface area contributed by atoms with E-state index in [1.54, 1.807) is 0 Å².